The maximum absolute atomic E-state index is 4.34. The lowest BCUT2D eigenvalue weighted by atomic mass is 10.1. The number of nitrogens with zero attached hydrogens (tertiary/aromatic N) is 3. The standard InChI is InChI=1S/C17H18N4S/c1-10-5-6-14(11(2)7-10)8-20-21-16-15-12(3)13(4)22-17(15)19-9-18-16/h5-9H,1-4H3,(H,18,19,21)/b20-8+. The van der Waals surface area contributed by atoms with Crippen molar-refractivity contribution < 1.29 is 0 Å². The van der Waals surface area contributed by atoms with Crippen molar-refractivity contribution in [2.24, 2.45) is 5.10 Å². The fourth-order valence-corrected chi connectivity index (χ4v) is 3.40. The molecule has 0 atom stereocenters. The van der Waals surface area contributed by atoms with E-state index in [-0.39, 0.29) is 0 Å². The summed E-state index contributed by atoms with van der Waals surface area (Å²) in [4.78, 5) is 10.9. The number of aromatic nitrogens is 2. The number of aryl methyl sites for hydroxylation is 4. The van der Waals surface area contributed by atoms with Crippen LogP contribution in [-0.4, -0.2) is 16.2 Å². The van der Waals surface area contributed by atoms with Crippen LogP contribution in [0, 0.1) is 27.7 Å². The van der Waals surface area contributed by atoms with Crippen LogP contribution in [0.1, 0.15) is 27.1 Å². The summed E-state index contributed by atoms with van der Waals surface area (Å²) >= 11 is 1.68. The summed E-state index contributed by atoms with van der Waals surface area (Å²) in [5, 5.41) is 5.40. The van der Waals surface area contributed by atoms with E-state index in [0.717, 1.165) is 21.6 Å². The third kappa shape index (κ3) is 2.72. The molecule has 0 aliphatic rings. The Morgan fingerprint density at radius 2 is 1.95 bits per heavy atom. The van der Waals surface area contributed by atoms with Gasteiger partial charge in [-0.05, 0) is 44.4 Å². The van der Waals surface area contributed by atoms with E-state index in [9.17, 15) is 0 Å². The molecular weight excluding hydrogens is 292 g/mol. The third-order valence-corrected chi connectivity index (χ3v) is 4.88. The number of hydrazone groups is 1. The molecular formula is C17H18N4S. The van der Waals surface area contributed by atoms with Crippen molar-refractivity contribution in [2.45, 2.75) is 27.7 Å². The average Bonchev–Trinajstić information content (AvgIpc) is 2.77. The molecule has 0 amide bonds. The van der Waals surface area contributed by atoms with Crippen LogP contribution in [0.3, 0.4) is 0 Å². The van der Waals surface area contributed by atoms with E-state index in [0.29, 0.717) is 0 Å². The van der Waals surface area contributed by atoms with Crippen molar-refractivity contribution in [1.82, 2.24) is 9.97 Å². The number of rotatable bonds is 3. The van der Waals surface area contributed by atoms with Gasteiger partial charge in [-0.15, -0.1) is 11.3 Å². The van der Waals surface area contributed by atoms with E-state index >= 15 is 0 Å². The quantitative estimate of drug-likeness (QED) is 0.577. The Balaban J connectivity index is 1.89. The molecule has 4 nitrogen and oxygen atoms in total. The molecule has 3 aromatic rings. The molecule has 22 heavy (non-hydrogen) atoms. The van der Waals surface area contributed by atoms with Gasteiger partial charge in [0.15, 0.2) is 5.82 Å². The zero-order valence-corrected chi connectivity index (χ0v) is 14.0. The van der Waals surface area contributed by atoms with Crippen LogP contribution in [0.2, 0.25) is 0 Å². The zero-order valence-electron chi connectivity index (χ0n) is 13.1. The summed E-state index contributed by atoms with van der Waals surface area (Å²) < 4.78 is 0. The molecule has 2 heterocycles. The largest absolute Gasteiger partial charge is 0.261 e. The minimum Gasteiger partial charge on any atom is -0.261 e. The van der Waals surface area contributed by atoms with Crippen LogP contribution >= 0.6 is 11.3 Å². The van der Waals surface area contributed by atoms with Crippen LogP contribution in [0.4, 0.5) is 5.82 Å². The molecule has 0 fully saturated rings. The predicted molar refractivity (Wildman–Crippen MR) is 94.0 cm³/mol. The lowest BCUT2D eigenvalue weighted by Gasteiger charge is -2.03. The third-order valence-electron chi connectivity index (χ3n) is 3.76. The van der Waals surface area contributed by atoms with Gasteiger partial charge in [0.1, 0.15) is 11.2 Å². The maximum Gasteiger partial charge on any atom is 0.158 e. The van der Waals surface area contributed by atoms with Crippen LogP contribution in [0.25, 0.3) is 10.2 Å². The summed E-state index contributed by atoms with van der Waals surface area (Å²) in [5.74, 6) is 0.757. The second-order valence-electron chi connectivity index (χ2n) is 5.42. The second-order valence-corrected chi connectivity index (χ2v) is 6.62. The van der Waals surface area contributed by atoms with Gasteiger partial charge in [0.25, 0.3) is 0 Å². The normalized spacial score (nSPS) is 11.5. The molecule has 0 unspecified atom stereocenters. The van der Waals surface area contributed by atoms with Gasteiger partial charge in [-0.1, -0.05) is 23.8 Å². The van der Waals surface area contributed by atoms with Gasteiger partial charge in [0, 0.05) is 4.88 Å². The average molecular weight is 310 g/mol. The van der Waals surface area contributed by atoms with Crippen molar-refractivity contribution in [2.75, 3.05) is 5.43 Å². The molecule has 0 radical (unpaired) electrons. The fraction of sp³-hybridized carbons (Fsp3) is 0.235. The van der Waals surface area contributed by atoms with Crippen molar-refractivity contribution in [3.63, 3.8) is 0 Å². The van der Waals surface area contributed by atoms with Crippen LogP contribution in [0.5, 0.6) is 0 Å². The summed E-state index contributed by atoms with van der Waals surface area (Å²) in [5.41, 5.74) is 7.83. The van der Waals surface area contributed by atoms with Crippen LogP contribution < -0.4 is 5.43 Å². The maximum atomic E-state index is 4.34. The highest BCUT2D eigenvalue weighted by atomic mass is 32.1. The van der Waals surface area contributed by atoms with Crippen LogP contribution in [0.15, 0.2) is 29.6 Å². The Morgan fingerprint density at radius 3 is 2.73 bits per heavy atom. The number of fused-ring (bicyclic) bond motifs is 1. The Hall–Kier alpha value is -2.27. The number of benzene rings is 1. The van der Waals surface area contributed by atoms with E-state index < -0.39 is 0 Å². The predicted octanol–water partition coefficient (Wildman–Crippen LogP) is 4.37. The Bertz CT molecular complexity index is 864. The smallest absolute Gasteiger partial charge is 0.158 e. The van der Waals surface area contributed by atoms with Gasteiger partial charge >= 0.3 is 0 Å². The molecule has 112 valence electrons. The highest BCUT2D eigenvalue weighted by molar-refractivity contribution is 7.18. The first kappa shape index (κ1) is 14.7. The van der Waals surface area contributed by atoms with Gasteiger partial charge in [-0.2, -0.15) is 5.10 Å². The molecule has 5 heteroatoms. The molecule has 1 aromatic carbocycles. The van der Waals surface area contributed by atoms with E-state index in [1.165, 1.54) is 21.6 Å². The number of hydrogen-bond donors (Lipinski definition) is 1. The van der Waals surface area contributed by atoms with Crippen LogP contribution in [-0.2, 0) is 0 Å². The first-order valence-electron chi connectivity index (χ1n) is 7.13. The first-order chi connectivity index (χ1) is 10.6. The number of hydrogen-bond acceptors (Lipinski definition) is 5. The molecule has 2 aromatic heterocycles. The minimum atomic E-state index is 0.757. The molecule has 0 saturated heterocycles. The summed E-state index contributed by atoms with van der Waals surface area (Å²) in [6, 6.07) is 6.31. The van der Waals surface area contributed by atoms with Gasteiger partial charge < -0.3 is 0 Å². The first-order valence-corrected chi connectivity index (χ1v) is 7.95. The molecule has 3 rings (SSSR count). The van der Waals surface area contributed by atoms with E-state index in [4.69, 9.17) is 0 Å². The Morgan fingerprint density at radius 1 is 1.14 bits per heavy atom. The molecule has 0 bridgehead atoms. The summed E-state index contributed by atoms with van der Waals surface area (Å²) in [6.07, 6.45) is 3.41. The fourth-order valence-electron chi connectivity index (χ4n) is 2.40. The summed E-state index contributed by atoms with van der Waals surface area (Å²) in [6.45, 7) is 8.37. The monoisotopic (exact) mass is 310 g/mol. The van der Waals surface area contributed by atoms with E-state index in [1.54, 1.807) is 17.7 Å². The van der Waals surface area contributed by atoms with E-state index in [1.807, 2.05) is 6.21 Å². The van der Waals surface area contributed by atoms with Crippen molar-refractivity contribution in [1.29, 1.82) is 0 Å². The summed E-state index contributed by atoms with van der Waals surface area (Å²) in [7, 11) is 0. The molecule has 0 saturated carbocycles. The van der Waals surface area contributed by atoms with E-state index in [2.05, 4.69) is 66.4 Å². The Labute approximate surface area is 133 Å². The van der Waals surface area contributed by atoms with Gasteiger partial charge in [-0.3, -0.25) is 5.43 Å². The highest BCUT2D eigenvalue weighted by Crippen LogP contribution is 2.32. The van der Waals surface area contributed by atoms with Crippen molar-refractivity contribution in [3.05, 3.63) is 51.7 Å². The Kier molecular flexibility index (Phi) is 3.90. The molecule has 0 spiro atoms. The molecule has 0 aliphatic carbocycles. The molecule has 1 N–H and O–H groups in total. The van der Waals surface area contributed by atoms with Gasteiger partial charge in [0.2, 0.25) is 0 Å². The lowest BCUT2D eigenvalue weighted by molar-refractivity contribution is 1.19. The minimum absolute atomic E-state index is 0.757. The van der Waals surface area contributed by atoms with Gasteiger partial charge in [-0.25, -0.2) is 9.97 Å². The van der Waals surface area contributed by atoms with Gasteiger partial charge in [0.05, 0.1) is 11.6 Å². The number of thiophene rings is 1. The number of nitrogens with one attached hydrogen (secondary N) is 1. The van der Waals surface area contributed by atoms with Crippen molar-refractivity contribution >= 4 is 33.6 Å². The highest BCUT2D eigenvalue weighted by Gasteiger charge is 2.11. The number of anilines is 1. The zero-order chi connectivity index (χ0) is 15.7. The van der Waals surface area contributed by atoms with Crippen molar-refractivity contribution in [3.8, 4) is 0 Å². The molecule has 0 aliphatic heterocycles. The lowest BCUT2D eigenvalue weighted by Crippen LogP contribution is -1.96. The SMILES string of the molecule is Cc1ccc(/C=N/Nc2ncnc3sc(C)c(C)c23)c(C)c1. The topological polar surface area (TPSA) is 50.2 Å². The second kappa shape index (κ2) is 5.85.